The van der Waals surface area contributed by atoms with Crippen LogP contribution in [-0.2, 0) is 0 Å². The van der Waals surface area contributed by atoms with E-state index in [0.717, 1.165) is 0 Å². The Hall–Kier alpha value is -1.69. The second kappa shape index (κ2) is 2.67. The number of hydrogen-bond donors (Lipinski definition) is 1. The van der Waals surface area contributed by atoms with Crippen LogP contribution in [0, 0.1) is 10.1 Å². The molecule has 1 N–H and O–H groups in total. The quantitative estimate of drug-likeness (QED) is 0.556. The summed E-state index contributed by atoms with van der Waals surface area (Å²) in [4.78, 5) is 12.6. The first kappa shape index (κ1) is 7.93. The molecule has 66 valence electrons. The van der Waals surface area contributed by atoms with Crippen molar-refractivity contribution in [3.05, 3.63) is 27.5 Å². The fourth-order valence-electron chi connectivity index (χ4n) is 1.04. The van der Waals surface area contributed by atoms with Crippen LogP contribution < -0.4 is 0 Å². The van der Waals surface area contributed by atoms with Gasteiger partial charge in [-0.15, -0.1) is 10.2 Å². The van der Waals surface area contributed by atoms with Crippen LogP contribution in [-0.4, -0.2) is 20.1 Å². The van der Waals surface area contributed by atoms with Crippen LogP contribution in [0.1, 0.15) is 0 Å². The summed E-state index contributed by atoms with van der Waals surface area (Å²) >= 11 is 5.54. The number of fused-ring (bicyclic) bond motifs is 1. The summed E-state index contributed by atoms with van der Waals surface area (Å²) in [6.07, 6.45) is 1.26. The van der Waals surface area contributed by atoms with E-state index in [-0.39, 0.29) is 10.8 Å². The lowest BCUT2D eigenvalue weighted by atomic mass is 10.3. The van der Waals surface area contributed by atoms with Gasteiger partial charge in [0.25, 0.3) is 5.69 Å². The van der Waals surface area contributed by atoms with Gasteiger partial charge in [0, 0.05) is 0 Å². The number of nitrogens with one attached hydrogen (secondary N) is 1. The molecule has 0 aromatic carbocycles. The van der Waals surface area contributed by atoms with Crippen molar-refractivity contribution in [1.29, 1.82) is 0 Å². The maximum atomic E-state index is 10.5. The van der Waals surface area contributed by atoms with E-state index < -0.39 is 4.92 Å². The van der Waals surface area contributed by atoms with Crippen molar-refractivity contribution in [3.63, 3.8) is 0 Å². The predicted molar refractivity (Wildman–Crippen MR) is 45.6 cm³/mol. The van der Waals surface area contributed by atoms with E-state index in [4.69, 9.17) is 11.6 Å². The van der Waals surface area contributed by atoms with E-state index in [1.54, 1.807) is 0 Å². The van der Waals surface area contributed by atoms with Gasteiger partial charge in [0.1, 0.15) is 5.39 Å². The molecule has 2 heterocycles. The van der Waals surface area contributed by atoms with Crippen molar-refractivity contribution < 1.29 is 4.92 Å². The van der Waals surface area contributed by atoms with Crippen molar-refractivity contribution in [2.75, 3.05) is 0 Å². The Balaban J connectivity index is 2.79. The van der Waals surface area contributed by atoms with Crippen molar-refractivity contribution >= 4 is 28.3 Å². The molecule has 0 saturated carbocycles. The molecule has 0 fully saturated rings. The molecule has 6 nitrogen and oxygen atoms in total. The van der Waals surface area contributed by atoms with Gasteiger partial charge in [-0.25, -0.2) is 0 Å². The largest absolute Gasteiger partial charge is 0.338 e. The van der Waals surface area contributed by atoms with E-state index in [0.29, 0.717) is 11.0 Å². The van der Waals surface area contributed by atoms with Gasteiger partial charge in [0.2, 0.25) is 0 Å². The summed E-state index contributed by atoms with van der Waals surface area (Å²) in [5, 5.41) is 18.2. The molecule has 0 amide bonds. The molecule has 0 unspecified atom stereocenters. The Bertz CT molecular complexity index is 480. The molecule has 2 rings (SSSR count). The maximum absolute atomic E-state index is 10.5. The van der Waals surface area contributed by atoms with E-state index >= 15 is 0 Å². The fourth-order valence-corrected chi connectivity index (χ4v) is 1.18. The Kier molecular flexibility index (Phi) is 1.63. The summed E-state index contributed by atoms with van der Waals surface area (Å²) < 4.78 is 0. The standard InChI is InChI=1S/C6H3ClN4O2/c7-5-1-3-4(11(12)13)2-8-6(3)10-9-5/h1-2H,(H,8,10). The molecule has 0 aliphatic heterocycles. The van der Waals surface area contributed by atoms with Crippen LogP contribution in [0.25, 0.3) is 11.0 Å². The number of hydrogen-bond acceptors (Lipinski definition) is 4. The molecular formula is C6H3ClN4O2. The Morgan fingerprint density at radius 2 is 2.31 bits per heavy atom. The minimum Gasteiger partial charge on any atom is -0.338 e. The number of nitro groups is 1. The van der Waals surface area contributed by atoms with Gasteiger partial charge < -0.3 is 4.98 Å². The highest BCUT2D eigenvalue weighted by Gasteiger charge is 2.14. The van der Waals surface area contributed by atoms with Gasteiger partial charge in [-0.1, -0.05) is 11.6 Å². The van der Waals surface area contributed by atoms with Crippen molar-refractivity contribution in [2.45, 2.75) is 0 Å². The number of rotatable bonds is 1. The number of aromatic amines is 1. The molecule has 0 saturated heterocycles. The average molecular weight is 199 g/mol. The third kappa shape index (κ3) is 1.20. The third-order valence-corrected chi connectivity index (χ3v) is 1.77. The number of halogens is 1. The fraction of sp³-hybridized carbons (Fsp3) is 0. The van der Waals surface area contributed by atoms with Crippen molar-refractivity contribution in [2.24, 2.45) is 0 Å². The number of nitrogens with zero attached hydrogens (tertiary/aromatic N) is 3. The van der Waals surface area contributed by atoms with Gasteiger partial charge in [-0.3, -0.25) is 10.1 Å². The second-order valence-electron chi connectivity index (χ2n) is 2.36. The Morgan fingerprint density at radius 3 is 3.00 bits per heavy atom. The highest BCUT2D eigenvalue weighted by atomic mass is 35.5. The summed E-state index contributed by atoms with van der Waals surface area (Å²) in [7, 11) is 0. The first-order valence-electron chi connectivity index (χ1n) is 3.33. The molecule has 2 aromatic rings. The highest BCUT2D eigenvalue weighted by Crippen LogP contribution is 2.24. The molecule has 13 heavy (non-hydrogen) atoms. The van der Waals surface area contributed by atoms with E-state index in [1.165, 1.54) is 12.3 Å². The van der Waals surface area contributed by atoms with Gasteiger partial charge in [0.05, 0.1) is 11.1 Å². The molecule has 0 aliphatic rings. The zero-order valence-corrected chi connectivity index (χ0v) is 6.95. The van der Waals surface area contributed by atoms with E-state index in [9.17, 15) is 10.1 Å². The third-order valence-electron chi connectivity index (χ3n) is 1.58. The van der Waals surface area contributed by atoms with Crippen molar-refractivity contribution in [3.8, 4) is 0 Å². The topological polar surface area (TPSA) is 84.7 Å². The molecular weight excluding hydrogens is 196 g/mol. The zero-order valence-electron chi connectivity index (χ0n) is 6.19. The van der Waals surface area contributed by atoms with Crippen LogP contribution in [0.2, 0.25) is 5.15 Å². The van der Waals surface area contributed by atoms with E-state index in [2.05, 4.69) is 15.2 Å². The smallest absolute Gasteiger partial charge is 0.296 e. The lowest BCUT2D eigenvalue weighted by molar-refractivity contribution is -0.383. The molecule has 7 heteroatoms. The summed E-state index contributed by atoms with van der Waals surface area (Å²) in [5.74, 6) is 0. The van der Waals surface area contributed by atoms with Gasteiger partial charge in [-0.05, 0) is 6.07 Å². The SMILES string of the molecule is O=[N+]([O-])c1c[nH]c2nnc(Cl)cc12. The first-order chi connectivity index (χ1) is 6.18. The van der Waals surface area contributed by atoms with Crippen LogP contribution in [0.4, 0.5) is 5.69 Å². The van der Waals surface area contributed by atoms with E-state index in [1.807, 2.05) is 0 Å². The number of aromatic nitrogens is 3. The van der Waals surface area contributed by atoms with Crippen LogP contribution in [0.5, 0.6) is 0 Å². The van der Waals surface area contributed by atoms with Gasteiger partial charge >= 0.3 is 0 Å². The van der Waals surface area contributed by atoms with Crippen LogP contribution in [0.15, 0.2) is 12.3 Å². The molecule has 0 radical (unpaired) electrons. The summed E-state index contributed by atoms with van der Waals surface area (Å²) in [6, 6.07) is 1.40. The Morgan fingerprint density at radius 1 is 1.54 bits per heavy atom. The molecule has 0 atom stereocenters. The monoisotopic (exact) mass is 198 g/mol. The predicted octanol–water partition coefficient (Wildman–Crippen LogP) is 1.52. The maximum Gasteiger partial charge on any atom is 0.296 e. The number of H-pyrrole nitrogens is 1. The lowest BCUT2D eigenvalue weighted by Crippen LogP contribution is -1.86. The van der Waals surface area contributed by atoms with Crippen LogP contribution in [0.3, 0.4) is 0 Å². The molecule has 0 aliphatic carbocycles. The zero-order chi connectivity index (χ0) is 9.42. The summed E-state index contributed by atoms with van der Waals surface area (Å²) in [5.41, 5.74) is 0.308. The highest BCUT2D eigenvalue weighted by molar-refractivity contribution is 6.30. The first-order valence-corrected chi connectivity index (χ1v) is 3.71. The minimum absolute atomic E-state index is 0.0493. The average Bonchev–Trinajstić information content (AvgIpc) is 2.46. The van der Waals surface area contributed by atoms with Crippen LogP contribution >= 0.6 is 11.6 Å². The van der Waals surface area contributed by atoms with Gasteiger partial charge in [-0.2, -0.15) is 0 Å². The lowest BCUT2D eigenvalue weighted by Gasteiger charge is -1.88. The minimum atomic E-state index is -0.503. The molecule has 0 spiro atoms. The van der Waals surface area contributed by atoms with Crippen molar-refractivity contribution in [1.82, 2.24) is 15.2 Å². The second-order valence-corrected chi connectivity index (χ2v) is 2.75. The Labute approximate surface area is 76.7 Å². The normalized spacial score (nSPS) is 10.5. The molecule has 0 bridgehead atoms. The van der Waals surface area contributed by atoms with Gasteiger partial charge in [0.15, 0.2) is 10.8 Å². The molecule has 2 aromatic heterocycles. The summed E-state index contributed by atoms with van der Waals surface area (Å²) in [6.45, 7) is 0.